The second-order valence-electron chi connectivity index (χ2n) is 3.57. The first-order chi connectivity index (χ1) is 6.77. The number of benzene rings is 1. The molecule has 2 nitrogen and oxygen atoms in total. The Labute approximate surface area is 82.1 Å². The molecule has 1 unspecified atom stereocenters. The fourth-order valence-corrected chi connectivity index (χ4v) is 1.77. The molecule has 0 aliphatic carbocycles. The first-order valence-electron chi connectivity index (χ1n) is 4.78. The van der Waals surface area contributed by atoms with E-state index in [4.69, 9.17) is 0 Å². The van der Waals surface area contributed by atoms with Gasteiger partial charge in [-0.25, -0.2) is 4.39 Å². The summed E-state index contributed by atoms with van der Waals surface area (Å²) in [6.07, 6.45) is 1.33. The SMILES string of the molecule is O=C1NCCC1Cc1ccccc1F. The van der Waals surface area contributed by atoms with E-state index in [0.29, 0.717) is 12.0 Å². The lowest BCUT2D eigenvalue weighted by Gasteiger charge is -2.07. The van der Waals surface area contributed by atoms with Crippen LogP contribution >= 0.6 is 0 Å². The van der Waals surface area contributed by atoms with Gasteiger partial charge in [-0.2, -0.15) is 0 Å². The Kier molecular flexibility index (Phi) is 2.48. The molecule has 1 aromatic rings. The van der Waals surface area contributed by atoms with Crippen molar-refractivity contribution in [2.24, 2.45) is 5.92 Å². The predicted molar refractivity (Wildman–Crippen MR) is 51.2 cm³/mol. The molecule has 1 N–H and O–H groups in total. The number of rotatable bonds is 2. The molecule has 1 aromatic carbocycles. The van der Waals surface area contributed by atoms with Crippen molar-refractivity contribution in [1.29, 1.82) is 0 Å². The second kappa shape index (κ2) is 3.78. The minimum atomic E-state index is -0.216. The molecule has 0 saturated carbocycles. The standard InChI is InChI=1S/C11H12FNO/c12-10-4-2-1-3-8(10)7-9-5-6-13-11(9)14/h1-4,9H,5-7H2,(H,13,14). The van der Waals surface area contributed by atoms with Crippen LogP contribution in [0.5, 0.6) is 0 Å². The highest BCUT2D eigenvalue weighted by Crippen LogP contribution is 2.18. The van der Waals surface area contributed by atoms with Gasteiger partial charge in [0.05, 0.1) is 0 Å². The maximum Gasteiger partial charge on any atom is 0.223 e. The summed E-state index contributed by atoms with van der Waals surface area (Å²) in [5, 5.41) is 2.75. The van der Waals surface area contributed by atoms with Crippen molar-refractivity contribution < 1.29 is 9.18 Å². The van der Waals surface area contributed by atoms with E-state index >= 15 is 0 Å². The Bertz CT molecular complexity index is 351. The van der Waals surface area contributed by atoms with Crippen LogP contribution in [-0.2, 0) is 11.2 Å². The summed E-state index contributed by atoms with van der Waals surface area (Å²) in [6, 6.07) is 6.63. The summed E-state index contributed by atoms with van der Waals surface area (Å²) < 4.78 is 13.2. The maximum absolute atomic E-state index is 13.2. The maximum atomic E-state index is 13.2. The van der Waals surface area contributed by atoms with Crippen LogP contribution in [0.25, 0.3) is 0 Å². The minimum Gasteiger partial charge on any atom is -0.356 e. The van der Waals surface area contributed by atoms with E-state index in [1.165, 1.54) is 6.07 Å². The van der Waals surface area contributed by atoms with Crippen LogP contribution in [0.1, 0.15) is 12.0 Å². The molecule has 3 heteroatoms. The first-order valence-corrected chi connectivity index (χ1v) is 4.78. The van der Waals surface area contributed by atoms with Gasteiger partial charge in [-0.3, -0.25) is 4.79 Å². The summed E-state index contributed by atoms with van der Waals surface area (Å²) in [7, 11) is 0. The molecule has 0 bridgehead atoms. The van der Waals surface area contributed by atoms with Crippen LogP contribution in [0.4, 0.5) is 4.39 Å². The number of carbonyl (C=O) groups excluding carboxylic acids is 1. The van der Waals surface area contributed by atoms with E-state index in [9.17, 15) is 9.18 Å². The highest BCUT2D eigenvalue weighted by Gasteiger charge is 2.24. The molecule has 0 aromatic heterocycles. The Morgan fingerprint density at radius 1 is 1.43 bits per heavy atom. The fraction of sp³-hybridized carbons (Fsp3) is 0.364. The molecule has 74 valence electrons. The average molecular weight is 193 g/mol. The van der Waals surface area contributed by atoms with Crippen LogP contribution in [-0.4, -0.2) is 12.5 Å². The number of halogens is 1. The average Bonchev–Trinajstić information content (AvgIpc) is 2.56. The van der Waals surface area contributed by atoms with E-state index in [1.54, 1.807) is 18.2 Å². The molecule has 1 saturated heterocycles. The van der Waals surface area contributed by atoms with Crippen molar-refractivity contribution in [2.75, 3.05) is 6.54 Å². The van der Waals surface area contributed by atoms with E-state index in [-0.39, 0.29) is 17.6 Å². The summed E-state index contributed by atoms with van der Waals surface area (Å²) in [4.78, 5) is 11.3. The van der Waals surface area contributed by atoms with Crippen molar-refractivity contribution in [1.82, 2.24) is 5.32 Å². The molecule has 2 rings (SSSR count). The Morgan fingerprint density at radius 2 is 2.21 bits per heavy atom. The van der Waals surface area contributed by atoms with Crippen molar-refractivity contribution in [3.63, 3.8) is 0 Å². The molecule has 1 atom stereocenters. The van der Waals surface area contributed by atoms with Gasteiger partial charge in [0.25, 0.3) is 0 Å². The summed E-state index contributed by atoms with van der Waals surface area (Å²) in [6.45, 7) is 0.720. The lowest BCUT2D eigenvalue weighted by Crippen LogP contribution is -2.20. The predicted octanol–water partition coefficient (Wildman–Crippen LogP) is 1.50. The zero-order chi connectivity index (χ0) is 9.97. The van der Waals surface area contributed by atoms with Gasteiger partial charge in [-0.1, -0.05) is 18.2 Å². The highest BCUT2D eigenvalue weighted by molar-refractivity contribution is 5.80. The van der Waals surface area contributed by atoms with E-state index in [2.05, 4.69) is 5.32 Å². The van der Waals surface area contributed by atoms with Crippen LogP contribution in [0, 0.1) is 11.7 Å². The molecule has 0 spiro atoms. The van der Waals surface area contributed by atoms with Gasteiger partial charge in [0.15, 0.2) is 0 Å². The van der Waals surface area contributed by atoms with Gasteiger partial charge in [0.2, 0.25) is 5.91 Å². The first kappa shape index (κ1) is 9.19. The van der Waals surface area contributed by atoms with Gasteiger partial charge in [-0.15, -0.1) is 0 Å². The van der Waals surface area contributed by atoms with Gasteiger partial charge >= 0.3 is 0 Å². The second-order valence-corrected chi connectivity index (χ2v) is 3.57. The van der Waals surface area contributed by atoms with Crippen molar-refractivity contribution >= 4 is 5.91 Å². The normalized spacial score (nSPS) is 20.9. The van der Waals surface area contributed by atoms with Gasteiger partial charge in [-0.05, 0) is 24.5 Å². The third kappa shape index (κ3) is 1.76. The van der Waals surface area contributed by atoms with Crippen molar-refractivity contribution in [3.8, 4) is 0 Å². The van der Waals surface area contributed by atoms with Gasteiger partial charge in [0, 0.05) is 12.5 Å². The number of hydrogen-bond donors (Lipinski definition) is 1. The fourth-order valence-electron chi connectivity index (χ4n) is 1.77. The summed E-state index contributed by atoms with van der Waals surface area (Å²) in [5.41, 5.74) is 0.634. The van der Waals surface area contributed by atoms with Crippen LogP contribution in [0.15, 0.2) is 24.3 Å². The lowest BCUT2D eigenvalue weighted by molar-refractivity contribution is -0.122. The van der Waals surface area contributed by atoms with Crippen LogP contribution in [0.2, 0.25) is 0 Å². The summed E-state index contributed by atoms with van der Waals surface area (Å²) >= 11 is 0. The van der Waals surface area contributed by atoms with Crippen LogP contribution in [0.3, 0.4) is 0 Å². The van der Waals surface area contributed by atoms with E-state index in [0.717, 1.165) is 13.0 Å². The molecule has 1 amide bonds. The van der Waals surface area contributed by atoms with Gasteiger partial charge in [0.1, 0.15) is 5.82 Å². The Balaban J connectivity index is 2.10. The molecule has 0 radical (unpaired) electrons. The number of nitrogens with one attached hydrogen (secondary N) is 1. The third-order valence-corrected chi connectivity index (χ3v) is 2.59. The lowest BCUT2D eigenvalue weighted by atomic mass is 9.98. The molecule has 1 fully saturated rings. The van der Waals surface area contributed by atoms with E-state index in [1.807, 2.05) is 0 Å². The molecular formula is C11H12FNO. The van der Waals surface area contributed by atoms with E-state index < -0.39 is 0 Å². The number of carbonyl (C=O) groups is 1. The zero-order valence-corrected chi connectivity index (χ0v) is 7.79. The highest BCUT2D eigenvalue weighted by atomic mass is 19.1. The van der Waals surface area contributed by atoms with Crippen molar-refractivity contribution in [3.05, 3.63) is 35.6 Å². The largest absolute Gasteiger partial charge is 0.356 e. The number of amides is 1. The topological polar surface area (TPSA) is 29.1 Å². The van der Waals surface area contributed by atoms with Gasteiger partial charge < -0.3 is 5.32 Å². The molecule has 1 aliphatic heterocycles. The molecule has 1 aliphatic rings. The molecule has 1 heterocycles. The molecular weight excluding hydrogens is 181 g/mol. The van der Waals surface area contributed by atoms with Crippen LogP contribution < -0.4 is 5.32 Å². The Hall–Kier alpha value is -1.38. The summed E-state index contributed by atoms with van der Waals surface area (Å²) in [5.74, 6) is -0.215. The Morgan fingerprint density at radius 3 is 2.86 bits per heavy atom. The third-order valence-electron chi connectivity index (χ3n) is 2.59. The van der Waals surface area contributed by atoms with Crippen molar-refractivity contribution in [2.45, 2.75) is 12.8 Å². The quantitative estimate of drug-likeness (QED) is 0.757. The molecule has 14 heavy (non-hydrogen) atoms. The monoisotopic (exact) mass is 193 g/mol. The smallest absolute Gasteiger partial charge is 0.223 e. The minimum absolute atomic E-state index is 0.0492. The number of hydrogen-bond acceptors (Lipinski definition) is 1. The zero-order valence-electron chi connectivity index (χ0n) is 7.79.